The number of nitrogens with two attached hydrogens (primary N) is 1. The molecule has 1 unspecified atom stereocenters. The van der Waals surface area contributed by atoms with E-state index in [1.807, 2.05) is 6.92 Å². The molecule has 0 spiro atoms. The van der Waals surface area contributed by atoms with E-state index in [-0.39, 0.29) is 41.5 Å². The van der Waals surface area contributed by atoms with Gasteiger partial charge in [-0.1, -0.05) is 25.8 Å². The summed E-state index contributed by atoms with van der Waals surface area (Å²) in [6.07, 6.45) is 4.56. The molecule has 7 nitrogen and oxygen atoms in total. The number of nitrogens with zero attached hydrogens (tertiary/aromatic N) is 1. The van der Waals surface area contributed by atoms with E-state index in [2.05, 4.69) is 4.72 Å². The van der Waals surface area contributed by atoms with Crippen molar-refractivity contribution in [3.63, 3.8) is 0 Å². The van der Waals surface area contributed by atoms with Crippen LogP contribution in [0.2, 0.25) is 0 Å². The van der Waals surface area contributed by atoms with E-state index in [1.165, 1.54) is 12.1 Å². The number of sulfonamides is 1. The van der Waals surface area contributed by atoms with Crippen LogP contribution in [0.1, 0.15) is 38.2 Å². The number of benzene rings is 1. The maximum absolute atomic E-state index is 12.7. The molecule has 2 rings (SSSR count). The highest BCUT2D eigenvalue weighted by Crippen LogP contribution is 2.29. The largest absolute Gasteiger partial charge is 0.329 e. The van der Waals surface area contributed by atoms with Crippen LogP contribution in [0.3, 0.4) is 0 Å². The number of hydrogen-bond donors (Lipinski definition) is 2. The number of aryl methyl sites for hydroxylation is 1. The topological polar surface area (TPSA) is 115 Å². The average molecular weight is 378 g/mol. The van der Waals surface area contributed by atoms with E-state index < -0.39 is 14.9 Å². The van der Waals surface area contributed by atoms with Crippen LogP contribution >= 0.6 is 12.4 Å². The molecule has 9 heteroatoms. The van der Waals surface area contributed by atoms with Gasteiger partial charge in [0.05, 0.1) is 9.82 Å². The smallest absolute Gasteiger partial charge is 0.270 e. The zero-order valence-corrected chi connectivity index (χ0v) is 15.2. The van der Waals surface area contributed by atoms with Crippen molar-refractivity contribution in [2.24, 2.45) is 11.7 Å². The van der Waals surface area contributed by atoms with E-state index in [9.17, 15) is 18.5 Å². The van der Waals surface area contributed by atoms with E-state index in [4.69, 9.17) is 5.73 Å². The minimum Gasteiger partial charge on any atom is -0.329 e. The third kappa shape index (κ3) is 4.66. The maximum atomic E-state index is 12.7. The van der Waals surface area contributed by atoms with Gasteiger partial charge >= 0.3 is 0 Å². The molecule has 0 saturated heterocycles. The molecule has 1 atom stereocenters. The predicted molar refractivity (Wildman–Crippen MR) is 94.8 cm³/mol. The minimum atomic E-state index is -3.84. The second-order valence-electron chi connectivity index (χ2n) is 5.91. The normalized spacial score (nSPS) is 16.6. The van der Waals surface area contributed by atoms with Gasteiger partial charge < -0.3 is 5.73 Å². The average Bonchev–Trinajstić information content (AvgIpc) is 3.06. The molecule has 1 aliphatic carbocycles. The van der Waals surface area contributed by atoms with Gasteiger partial charge in [0.25, 0.3) is 5.69 Å². The summed E-state index contributed by atoms with van der Waals surface area (Å²) in [5.74, 6) is 0.235. The standard InChI is InChI=1S/C15H23N3O4S.ClH/c1-2-11-7-8-13(18(19)20)9-15(11)23(21,22)17-14(10-16)12-5-3-4-6-12;/h7-9,12,14,17H,2-6,10,16H2,1H3;1H. The van der Waals surface area contributed by atoms with Gasteiger partial charge in [-0.2, -0.15) is 0 Å². The molecular formula is C15H24ClN3O4S. The Morgan fingerprint density at radius 2 is 2.00 bits per heavy atom. The first-order valence-corrected chi connectivity index (χ1v) is 9.37. The summed E-state index contributed by atoms with van der Waals surface area (Å²) in [7, 11) is -3.84. The third-order valence-electron chi connectivity index (χ3n) is 4.46. The van der Waals surface area contributed by atoms with Crippen LogP contribution < -0.4 is 10.5 Å². The zero-order chi connectivity index (χ0) is 17.0. The number of nitro groups is 1. The Bertz CT molecular complexity index is 675. The Labute approximate surface area is 148 Å². The van der Waals surface area contributed by atoms with E-state index in [1.54, 1.807) is 0 Å². The Kier molecular flexibility index (Phi) is 7.59. The number of non-ortho nitro benzene ring substituents is 1. The number of nitro benzene ring substituents is 1. The van der Waals surface area contributed by atoms with Crippen LogP contribution in [0.5, 0.6) is 0 Å². The van der Waals surface area contributed by atoms with Gasteiger partial charge in [-0.3, -0.25) is 10.1 Å². The van der Waals surface area contributed by atoms with Crippen molar-refractivity contribution in [2.75, 3.05) is 6.54 Å². The predicted octanol–water partition coefficient (Wildman–Crippen LogP) is 2.37. The minimum absolute atomic E-state index is 0. The Balaban J connectivity index is 0.00000288. The zero-order valence-electron chi connectivity index (χ0n) is 13.6. The van der Waals surface area contributed by atoms with Gasteiger partial charge in [-0.25, -0.2) is 13.1 Å². The first kappa shape index (κ1) is 20.8. The molecule has 1 fully saturated rings. The summed E-state index contributed by atoms with van der Waals surface area (Å²) in [6.45, 7) is 2.04. The monoisotopic (exact) mass is 377 g/mol. The van der Waals surface area contributed by atoms with Crippen LogP contribution in [0.15, 0.2) is 23.1 Å². The molecule has 0 heterocycles. The quantitative estimate of drug-likeness (QED) is 0.559. The second kappa shape index (κ2) is 8.75. The lowest BCUT2D eigenvalue weighted by Crippen LogP contribution is -2.44. The van der Waals surface area contributed by atoms with Crippen LogP contribution in [0, 0.1) is 16.0 Å². The maximum Gasteiger partial charge on any atom is 0.270 e. The molecule has 0 amide bonds. The Hall–Kier alpha value is -1.22. The van der Waals surface area contributed by atoms with Crippen LogP contribution in [-0.4, -0.2) is 25.9 Å². The second-order valence-corrected chi connectivity index (χ2v) is 7.59. The van der Waals surface area contributed by atoms with Gasteiger partial charge in [0.15, 0.2) is 0 Å². The molecule has 0 aromatic heterocycles. The molecule has 0 aliphatic heterocycles. The summed E-state index contributed by atoms with van der Waals surface area (Å²) >= 11 is 0. The Morgan fingerprint density at radius 1 is 1.38 bits per heavy atom. The highest BCUT2D eigenvalue weighted by molar-refractivity contribution is 7.89. The van der Waals surface area contributed by atoms with Crippen molar-refractivity contribution < 1.29 is 13.3 Å². The van der Waals surface area contributed by atoms with Crippen molar-refractivity contribution in [1.29, 1.82) is 0 Å². The van der Waals surface area contributed by atoms with Crippen LogP contribution in [0.4, 0.5) is 5.69 Å². The lowest BCUT2D eigenvalue weighted by Gasteiger charge is -2.23. The Morgan fingerprint density at radius 3 is 2.50 bits per heavy atom. The number of nitrogens with one attached hydrogen (secondary N) is 1. The lowest BCUT2D eigenvalue weighted by atomic mass is 9.99. The molecule has 1 aromatic carbocycles. The summed E-state index contributed by atoms with van der Waals surface area (Å²) in [4.78, 5) is 10.3. The summed E-state index contributed by atoms with van der Waals surface area (Å²) in [6, 6.07) is 3.63. The molecule has 0 bridgehead atoms. The fraction of sp³-hybridized carbons (Fsp3) is 0.600. The van der Waals surface area contributed by atoms with Gasteiger partial charge in [-0.05, 0) is 30.7 Å². The molecule has 1 aliphatic rings. The summed E-state index contributed by atoms with van der Waals surface area (Å²) < 4.78 is 28.1. The van der Waals surface area contributed by atoms with E-state index in [0.29, 0.717) is 12.0 Å². The highest BCUT2D eigenvalue weighted by atomic mass is 35.5. The highest BCUT2D eigenvalue weighted by Gasteiger charge is 2.30. The fourth-order valence-electron chi connectivity index (χ4n) is 3.16. The van der Waals surface area contributed by atoms with Crippen molar-refractivity contribution in [2.45, 2.75) is 50.0 Å². The van der Waals surface area contributed by atoms with Crippen molar-refractivity contribution in [3.05, 3.63) is 33.9 Å². The SMILES string of the molecule is CCc1ccc([N+](=O)[O-])cc1S(=O)(=O)NC(CN)C1CCCC1.Cl. The first-order valence-electron chi connectivity index (χ1n) is 7.88. The molecule has 1 saturated carbocycles. The van der Waals surface area contributed by atoms with Gasteiger partial charge in [-0.15, -0.1) is 12.4 Å². The third-order valence-corrected chi connectivity index (χ3v) is 6.03. The molecule has 3 N–H and O–H groups in total. The number of rotatable bonds is 7. The summed E-state index contributed by atoms with van der Waals surface area (Å²) in [5.41, 5.74) is 6.08. The fourth-order valence-corrected chi connectivity index (χ4v) is 4.81. The summed E-state index contributed by atoms with van der Waals surface area (Å²) in [5, 5.41) is 10.9. The number of halogens is 1. The van der Waals surface area contributed by atoms with E-state index >= 15 is 0 Å². The van der Waals surface area contributed by atoms with Gasteiger partial charge in [0, 0.05) is 24.7 Å². The molecule has 1 aromatic rings. The van der Waals surface area contributed by atoms with Gasteiger partial charge in [0.1, 0.15) is 0 Å². The van der Waals surface area contributed by atoms with Crippen molar-refractivity contribution in [1.82, 2.24) is 4.72 Å². The van der Waals surface area contributed by atoms with E-state index in [0.717, 1.165) is 31.7 Å². The molecule has 0 radical (unpaired) electrons. The van der Waals surface area contributed by atoms with Crippen LogP contribution in [0.25, 0.3) is 0 Å². The van der Waals surface area contributed by atoms with Crippen molar-refractivity contribution in [3.8, 4) is 0 Å². The van der Waals surface area contributed by atoms with Crippen LogP contribution in [-0.2, 0) is 16.4 Å². The van der Waals surface area contributed by atoms with Crippen molar-refractivity contribution >= 4 is 28.1 Å². The number of hydrogen-bond acceptors (Lipinski definition) is 5. The van der Waals surface area contributed by atoms with Gasteiger partial charge in [0.2, 0.25) is 10.0 Å². The molecule has 136 valence electrons. The molecule has 24 heavy (non-hydrogen) atoms. The lowest BCUT2D eigenvalue weighted by molar-refractivity contribution is -0.385. The first-order chi connectivity index (χ1) is 10.9. The molecular weight excluding hydrogens is 354 g/mol.